The Bertz CT molecular complexity index is 741. The number of benzene rings is 2. The van der Waals surface area contributed by atoms with Crippen LogP contribution in [0.15, 0.2) is 36.4 Å². The summed E-state index contributed by atoms with van der Waals surface area (Å²) in [5, 5.41) is 4.60. The predicted molar refractivity (Wildman–Crippen MR) is 123 cm³/mol. The quantitative estimate of drug-likeness (QED) is 0.376. The van der Waals surface area contributed by atoms with Gasteiger partial charge in [0.2, 0.25) is 0 Å². The van der Waals surface area contributed by atoms with Gasteiger partial charge in [0, 0.05) is 23.7 Å². The fraction of sp³-hybridized carbons (Fsp3) is 0.455. The van der Waals surface area contributed by atoms with Crippen LogP contribution in [0.5, 0.6) is 11.5 Å². The summed E-state index contributed by atoms with van der Waals surface area (Å²) in [7, 11) is 0. The van der Waals surface area contributed by atoms with Gasteiger partial charge in [-0.25, -0.2) is 0 Å². The van der Waals surface area contributed by atoms with Crippen LogP contribution >= 0.6 is 35.6 Å². The van der Waals surface area contributed by atoms with E-state index < -0.39 is 0 Å². The Morgan fingerprint density at radius 3 is 2.48 bits per heavy atom. The van der Waals surface area contributed by atoms with Crippen LogP contribution in [0.25, 0.3) is 0 Å². The summed E-state index contributed by atoms with van der Waals surface area (Å²) in [6.45, 7) is 9.20. The van der Waals surface area contributed by atoms with Crippen LogP contribution in [-0.4, -0.2) is 25.9 Å². The smallest absolute Gasteiger partial charge is 0.180 e. The molecule has 2 rings (SSSR count). The maximum atomic E-state index is 6.49. The van der Waals surface area contributed by atoms with E-state index >= 15 is 0 Å². The maximum absolute atomic E-state index is 6.49. The molecule has 1 N–H and O–H groups in total. The van der Waals surface area contributed by atoms with E-state index in [1.54, 1.807) is 0 Å². The van der Waals surface area contributed by atoms with Crippen LogP contribution in [0.1, 0.15) is 38.3 Å². The molecule has 0 atom stereocenters. The highest BCUT2D eigenvalue weighted by Gasteiger charge is 2.13. The van der Waals surface area contributed by atoms with Gasteiger partial charge >= 0.3 is 0 Å². The summed E-state index contributed by atoms with van der Waals surface area (Å²) >= 11 is 12.7. The Morgan fingerprint density at radius 2 is 1.79 bits per heavy atom. The van der Waals surface area contributed by atoms with Crippen molar-refractivity contribution in [1.29, 1.82) is 0 Å². The summed E-state index contributed by atoms with van der Waals surface area (Å²) in [5.41, 5.74) is 1.94. The highest BCUT2D eigenvalue weighted by molar-refractivity contribution is 6.32. The fourth-order valence-electron chi connectivity index (χ4n) is 2.64. The molecular weight excluding hydrogens is 433 g/mol. The zero-order valence-corrected chi connectivity index (χ0v) is 19.5. The zero-order chi connectivity index (χ0) is 20.4. The van der Waals surface area contributed by atoms with Gasteiger partial charge in [0.15, 0.2) is 11.5 Å². The monoisotopic (exact) mass is 461 g/mol. The van der Waals surface area contributed by atoms with E-state index in [0.717, 1.165) is 30.7 Å². The second-order valence-corrected chi connectivity index (χ2v) is 7.48. The van der Waals surface area contributed by atoms with E-state index in [1.165, 1.54) is 0 Å². The lowest BCUT2D eigenvalue weighted by molar-refractivity contribution is 0.0770. The van der Waals surface area contributed by atoms with Gasteiger partial charge in [-0.15, -0.1) is 12.4 Å². The molecule has 0 unspecified atom stereocenters. The first kappa shape index (κ1) is 25.9. The lowest BCUT2D eigenvalue weighted by Crippen LogP contribution is -2.17. The van der Waals surface area contributed by atoms with Gasteiger partial charge in [-0.2, -0.15) is 0 Å². The molecule has 0 aliphatic heterocycles. The Kier molecular flexibility index (Phi) is 12.4. The van der Waals surface area contributed by atoms with E-state index in [0.29, 0.717) is 41.3 Å². The number of ether oxygens (including phenoxy) is 3. The third-order valence-corrected chi connectivity index (χ3v) is 4.63. The van der Waals surface area contributed by atoms with Gasteiger partial charge in [-0.05, 0) is 57.5 Å². The van der Waals surface area contributed by atoms with E-state index in [4.69, 9.17) is 37.4 Å². The highest BCUT2D eigenvalue weighted by atomic mass is 35.5. The van der Waals surface area contributed by atoms with Gasteiger partial charge in [-0.3, -0.25) is 0 Å². The predicted octanol–water partition coefficient (Wildman–Crippen LogP) is 6.30. The minimum absolute atomic E-state index is 0. The third-order valence-electron chi connectivity index (χ3n) is 3.98. The average molecular weight is 463 g/mol. The standard InChI is InChI=1S/C22H29Cl2NO3.ClH/c1-4-26-21-13-17(14-25-10-7-11-27-16(2)3)12-20(24)22(21)28-15-18-8-5-6-9-19(18)23;/h5-6,8-9,12-13,16,25H,4,7,10-11,14-15H2,1-3H3;1H. The van der Waals surface area contributed by atoms with Crippen molar-refractivity contribution >= 4 is 35.6 Å². The second-order valence-electron chi connectivity index (χ2n) is 6.67. The summed E-state index contributed by atoms with van der Waals surface area (Å²) in [4.78, 5) is 0. The minimum atomic E-state index is 0. The van der Waals surface area contributed by atoms with E-state index in [2.05, 4.69) is 5.32 Å². The Labute approximate surface area is 190 Å². The number of hydrogen-bond donors (Lipinski definition) is 1. The lowest BCUT2D eigenvalue weighted by Gasteiger charge is -2.16. The molecule has 0 saturated carbocycles. The van der Waals surface area contributed by atoms with Crippen LogP contribution in [0, 0.1) is 0 Å². The van der Waals surface area contributed by atoms with E-state index in [-0.39, 0.29) is 18.5 Å². The van der Waals surface area contributed by atoms with E-state index in [1.807, 2.05) is 57.2 Å². The first-order valence-corrected chi connectivity index (χ1v) is 10.4. The van der Waals surface area contributed by atoms with Gasteiger partial charge < -0.3 is 19.5 Å². The molecule has 2 aromatic rings. The second kappa shape index (κ2) is 13.9. The Morgan fingerprint density at radius 1 is 1.03 bits per heavy atom. The molecule has 162 valence electrons. The molecule has 0 saturated heterocycles. The van der Waals surface area contributed by atoms with Crippen LogP contribution in [0.3, 0.4) is 0 Å². The largest absolute Gasteiger partial charge is 0.490 e. The van der Waals surface area contributed by atoms with Crippen molar-refractivity contribution in [2.24, 2.45) is 0 Å². The third kappa shape index (κ3) is 9.02. The molecule has 0 fully saturated rings. The first-order valence-electron chi connectivity index (χ1n) is 9.65. The van der Waals surface area contributed by atoms with Crippen LogP contribution in [-0.2, 0) is 17.9 Å². The lowest BCUT2D eigenvalue weighted by atomic mass is 10.2. The maximum Gasteiger partial charge on any atom is 0.180 e. The van der Waals surface area contributed by atoms with Crippen molar-refractivity contribution in [3.8, 4) is 11.5 Å². The van der Waals surface area contributed by atoms with Gasteiger partial charge in [0.1, 0.15) is 6.61 Å². The van der Waals surface area contributed by atoms with Crippen molar-refractivity contribution in [2.45, 2.75) is 46.4 Å². The van der Waals surface area contributed by atoms with Crippen molar-refractivity contribution in [1.82, 2.24) is 5.32 Å². The van der Waals surface area contributed by atoms with Crippen molar-refractivity contribution in [3.63, 3.8) is 0 Å². The van der Waals surface area contributed by atoms with Crippen molar-refractivity contribution in [2.75, 3.05) is 19.8 Å². The summed E-state index contributed by atoms with van der Waals surface area (Å²) in [6, 6.07) is 11.5. The topological polar surface area (TPSA) is 39.7 Å². The molecule has 0 aromatic heterocycles. The Balaban J connectivity index is 0.00000420. The fourth-order valence-corrected chi connectivity index (χ4v) is 3.12. The first-order chi connectivity index (χ1) is 13.5. The van der Waals surface area contributed by atoms with Crippen molar-refractivity contribution < 1.29 is 14.2 Å². The molecule has 2 aromatic carbocycles. The van der Waals surface area contributed by atoms with E-state index in [9.17, 15) is 0 Å². The van der Waals surface area contributed by atoms with Gasteiger partial charge in [-0.1, -0.05) is 41.4 Å². The molecule has 0 heterocycles. The molecular formula is C22H30Cl3NO3. The van der Waals surface area contributed by atoms with Crippen LogP contribution < -0.4 is 14.8 Å². The van der Waals surface area contributed by atoms with Gasteiger partial charge in [0.05, 0.1) is 17.7 Å². The van der Waals surface area contributed by atoms with Crippen molar-refractivity contribution in [3.05, 3.63) is 57.6 Å². The molecule has 0 amide bonds. The molecule has 4 nitrogen and oxygen atoms in total. The normalized spacial score (nSPS) is 10.7. The zero-order valence-electron chi connectivity index (χ0n) is 17.2. The number of rotatable bonds is 12. The SMILES string of the molecule is CCOc1cc(CNCCCOC(C)C)cc(Cl)c1OCc1ccccc1Cl.Cl. The molecule has 0 aliphatic rings. The number of nitrogens with one attached hydrogen (secondary N) is 1. The molecule has 7 heteroatoms. The minimum Gasteiger partial charge on any atom is -0.490 e. The molecule has 29 heavy (non-hydrogen) atoms. The molecule has 0 aliphatic carbocycles. The molecule has 0 bridgehead atoms. The molecule has 0 spiro atoms. The number of halogens is 3. The number of hydrogen-bond acceptors (Lipinski definition) is 4. The summed E-state index contributed by atoms with van der Waals surface area (Å²) in [5.74, 6) is 1.18. The summed E-state index contributed by atoms with van der Waals surface area (Å²) < 4.78 is 17.2. The Hall–Kier alpha value is -1.17. The highest BCUT2D eigenvalue weighted by Crippen LogP contribution is 2.37. The summed E-state index contributed by atoms with van der Waals surface area (Å²) in [6.07, 6.45) is 1.23. The average Bonchev–Trinajstić information content (AvgIpc) is 2.65. The van der Waals surface area contributed by atoms with Gasteiger partial charge in [0.25, 0.3) is 0 Å². The molecule has 0 radical (unpaired) electrons. The van der Waals surface area contributed by atoms with Crippen LogP contribution in [0.4, 0.5) is 0 Å². The van der Waals surface area contributed by atoms with Crippen LogP contribution in [0.2, 0.25) is 10.0 Å².